The van der Waals surface area contributed by atoms with Gasteiger partial charge < -0.3 is 5.32 Å². The molecule has 0 unspecified atom stereocenters. The van der Waals surface area contributed by atoms with Crippen molar-refractivity contribution in [2.24, 2.45) is 0 Å². The van der Waals surface area contributed by atoms with E-state index in [1.165, 1.54) is 6.07 Å². The van der Waals surface area contributed by atoms with Gasteiger partial charge in [0.05, 0.1) is 0 Å². The van der Waals surface area contributed by atoms with Crippen LogP contribution in [0.15, 0.2) is 42.5 Å². The van der Waals surface area contributed by atoms with Gasteiger partial charge in [-0.15, -0.1) is 0 Å². The van der Waals surface area contributed by atoms with Crippen molar-refractivity contribution in [1.29, 1.82) is 0 Å². The minimum Gasteiger partial charge on any atom is -0.313 e. The molecular formula is C16H17ClFN. The monoisotopic (exact) mass is 277 g/mol. The van der Waals surface area contributed by atoms with Gasteiger partial charge in [0, 0.05) is 11.6 Å². The average molecular weight is 278 g/mol. The summed E-state index contributed by atoms with van der Waals surface area (Å²) >= 11 is 6.00. The molecule has 0 aliphatic carbocycles. The van der Waals surface area contributed by atoms with Gasteiger partial charge in [0.15, 0.2) is 0 Å². The van der Waals surface area contributed by atoms with E-state index >= 15 is 0 Å². The number of nitrogens with one attached hydrogen (secondary N) is 1. The van der Waals surface area contributed by atoms with Crippen LogP contribution in [-0.2, 0) is 6.54 Å². The summed E-state index contributed by atoms with van der Waals surface area (Å²) < 4.78 is 13.5. The molecule has 0 bridgehead atoms. The van der Waals surface area contributed by atoms with E-state index in [2.05, 4.69) is 12.2 Å². The van der Waals surface area contributed by atoms with Crippen molar-refractivity contribution in [3.63, 3.8) is 0 Å². The summed E-state index contributed by atoms with van der Waals surface area (Å²) in [5.74, 6) is -0.228. The first kappa shape index (κ1) is 14.0. The zero-order valence-electron chi connectivity index (χ0n) is 10.9. The molecule has 0 amide bonds. The van der Waals surface area contributed by atoms with Crippen molar-refractivity contribution in [3.05, 3.63) is 58.9 Å². The van der Waals surface area contributed by atoms with Gasteiger partial charge in [-0.05, 0) is 53.9 Å². The molecule has 100 valence electrons. The predicted octanol–water partition coefficient (Wildman–Crippen LogP) is 4.65. The quantitative estimate of drug-likeness (QED) is 0.785. The number of hydrogen-bond donors (Lipinski definition) is 1. The van der Waals surface area contributed by atoms with Gasteiger partial charge in [0.2, 0.25) is 0 Å². The average Bonchev–Trinajstić information content (AvgIpc) is 2.40. The van der Waals surface area contributed by atoms with Crippen molar-refractivity contribution in [1.82, 2.24) is 5.32 Å². The van der Waals surface area contributed by atoms with E-state index in [1.54, 1.807) is 6.07 Å². The normalized spacial score (nSPS) is 10.7. The molecule has 19 heavy (non-hydrogen) atoms. The summed E-state index contributed by atoms with van der Waals surface area (Å²) in [5.41, 5.74) is 2.92. The first-order valence-corrected chi connectivity index (χ1v) is 6.83. The van der Waals surface area contributed by atoms with E-state index in [0.29, 0.717) is 5.02 Å². The molecule has 0 fully saturated rings. The summed E-state index contributed by atoms with van der Waals surface area (Å²) in [5, 5.41) is 4.00. The van der Waals surface area contributed by atoms with E-state index in [-0.39, 0.29) is 5.82 Å². The van der Waals surface area contributed by atoms with E-state index in [9.17, 15) is 4.39 Å². The third-order valence-electron chi connectivity index (χ3n) is 2.95. The Morgan fingerprint density at radius 3 is 2.74 bits per heavy atom. The third-order valence-corrected chi connectivity index (χ3v) is 3.18. The van der Waals surface area contributed by atoms with Crippen molar-refractivity contribution in [3.8, 4) is 11.1 Å². The summed E-state index contributed by atoms with van der Waals surface area (Å²) in [4.78, 5) is 0. The zero-order valence-corrected chi connectivity index (χ0v) is 11.7. The Kier molecular flexibility index (Phi) is 4.94. The van der Waals surface area contributed by atoms with Crippen LogP contribution < -0.4 is 5.32 Å². The van der Waals surface area contributed by atoms with Crippen LogP contribution in [0.1, 0.15) is 18.9 Å². The summed E-state index contributed by atoms with van der Waals surface area (Å²) in [7, 11) is 0. The highest BCUT2D eigenvalue weighted by atomic mass is 35.5. The Morgan fingerprint density at radius 2 is 2.00 bits per heavy atom. The highest BCUT2D eigenvalue weighted by molar-refractivity contribution is 6.30. The third kappa shape index (κ3) is 3.79. The van der Waals surface area contributed by atoms with Crippen LogP contribution in [0.4, 0.5) is 4.39 Å². The number of hydrogen-bond acceptors (Lipinski definition) is 1. The van der Waals surface area contributed by atoms with E-state index in [4.69, 9.17) is 11.6 Å². The van der Waals surface area contributed by atoms with Gasteiger partial charge >= 0.3 is 0 Å². The van der Waals surface area contributed by atoms with Crippen LogP contribution in [0.5, 0.6) is 0 Å². The van der Waals surface area contributed by atoms with Gasteiger partial charge in [-0.1, -0.05) is 36.7 Å². The highest BCUT2D eigenvalue weighted by Crippen LogP contribution is 2.27. The maximum Gasteiger partial charge on any atom is 0.123 e. The Bertz CT molecular complexity index is 554. The summed E-state index contributed by atoms with van der Waals surface area (Å²) in [6.07, 6.45) is 1.08. The molecule has 1 nitrogen and oxygen atoms in total. The molecule has 0 heterocycles. The van der Waals surface area contributed by atoms with Gasteiger partial charge in [0.25, 0.3) is 0 Å². The lowest BCUT2D eigenvalue weighted by molar-refractivity contribution is 0.625. The lowest BCUT2D eigenvalue weighted by Gasteiger charge is -2.11. The summed E-state index contributed by atoms with van der Waals surface area (Å²) in [6, 6.07) is 12.4. The first-order valence-electron chi connectivity index (χ1n) is 6.46. The fourth-order valence-corrected chi connectivity index (χ4v) is 2.22. The largest absolute Gasteiger partial charge is 0.313 e. The van der Waals surface area contributed by atoms with Gasteiger partial charge in [0.1, 0.15) is 5.82 Å². The van der Waals surface area contributed by atoms with Crippen LogP contribution >= 0.6 is 11.6 Å². The molecule has 0 aromatic heterocycles. The molecular weight excluding hydrogens is 261 g/mol. The van der Waals surface area contributed by atoms with Crippen LogP contribution in [0.2, 0.25) is 5.02 Å². The van der Waals surface area contributed by atoms with Crippen molar-refractivity contribution < 1.29 is 4.39 Å². The van der Waals surface area contributed by atoms with Gasteiger partial charge in [-0.3, -0.25) is 0 Å². The molecule has 2 rings (SSSR count). The second-order valence-electron chi connectivity index (χ2n) is 4.49. The maximum atomic E-state index is 13.5. The maximum absolute atomic E-state index is 13.5. The van der Waals surface area contributed by atoms with Gasteiger partial charge in [-0.2, -0.15) is 0 Å². The number of benzene rings is 2. The van der Waals surface area contributed by atoms with Crippen LogP contribution in [0.25, 0.3) is 11.1 Å². The smallest absolute Gasteiger partial charge is 0.123 e. The Balaban J connectivity index is 2.34. The van der Waals surface area contributed by atoms with E-state index in [1.807, 2.05) is 30.3 Å². The molecule has 1 N–H and O–H groups in total. The summed E-state index contributed by atoms with van der Waals surface area (Å²) in [6.45, 7) is 3.80. The molecule has 0 atom stereocenters. The first-order chi connectivity index (χ1) is 9.20. The Morgan fingerprint density at radius 1 is 1.16 bits per heavy atom. The van der Waals surface area contributed by atoms with Crippen LogP contribution in [0, 0.1) is 5.82 Å². The molecule has 2 aromatic rings. The molecule has 0 aliphatic heterocycles. The van der Waals surface area contributed by atoms with Crippen molar-refractivity contribution in [2.45, 2.75) is 19.9 Å². The van der Waals surface area contributed by atoms with Crippen molar-refractivity contribution >= 4 is 11.6 Å². The molecule has 2 aromatic carbocycles. The molecule has 0 aliphatic rings. The molecule has 0 radical (unpaired) electrons. The van der Waals surface area contributed by atoms with Crippen LogP contribution in [-0.4, -0.2) is 6.54 Å². The zero-order chi connectivity index (χ0) is 13.7. The van der Waals surface area contributed by atoms with Crippen molar-refractivity contribution in [2.75, 3.05) is 6.54 Å². The molecule has 0 spiro atoms. The lowest BCUT2D eigenvalue weighted by Crippen LogP contribution is -2.14. The molecule has 0 saturated heterocycles. The SMILES string of the molecule is CCCNCc1ccc(F)cc1-c1cccc(Cl)c1. The Hall–Kier alpha value is -1.38. The standard InChI is InChI=1S/C16H17ClFN/c1-2-8-19-11-13-6-7-15(18)10-16(13)12-4-3-5-14(17)9-12/h3-7,9-10,19H,2,8,11H2,1H3. The Labute approximate surface area is 118 Å². The predicted molar refractivity (Wildman–Crippen MR) is 78.8 cm³/mol. The second-order valence-corrected chi connectivity index (χ2v) is 4.93. The second kappa shape index (κ2) is 6.69. The van der Waals surface area contributed by atoms with Crippen LogP contribution in [0.3, 0.4) is 0 Å². The van der Waals surface area contributed by atoms with Gasteiger partial charge in [-0.25, -0.2) is 4.39 Å². The fourth-order valence-electron chi connectivity index (χ4n) is 2.03. The van der Waals surface area contributed by atoms with E-state index in [0.717, 1.165) is 36.2 Å². The minimum atomic E-state index is -0.228. The highest BCUT2D eigenvalue weighted by Gasteiger charge is 2.07. The topological polar surface area (TPSA) is 12.0 Å². The van der Waals surface area contributed by atoms with E-state index < -0.39 is 0 Å². The molecule has 3 heteroatoms. The minimum absolute atomic E-state index is 0.228. The lowest BCUT2D eigenvalue weighted by atomic mass is 9.99. The fraction of sp³-hybridized carbons (Fsp3) is 0.250. The number of halogens is 2. The molecule has 0 saturated carbocycles. The number of rotatable bonds is 5.